The predicted molar refractivity (Wildman–Crippen MR) is 170 cm³/mol. The Labute approximate surface area is 241 Å². The number of thioether (sulfide) groups is 2. The van der Waals surface area contributed by atoms with E-state index in [-0.39, 0.29) is 21.7 Å². The number of rotatable bonds is 4. The molecule has 2 heterocycles. The Morgan fingerprint density at radius 1 is 0.605 bits per heavy atom. The Morgan fingerprint density at radius 2 is 1.08 bits per heavy atom. The summed E-state index contributed by atoms with van der Waals surface area (Å²) in [5.74, 6) is 0. The van der Waals surface area contributed by atoms with Crippen molar-refractivity contribution >= 4 is 29.1 Å². The number of benzene rings is 1. The molecular formula is C34H50O2S2. The molecule has 2 aliphatic rings. The number of hydrogen-bond donors (Lipinski definition) is 0. The maximum Gasteiger partial charge on any atom is 0.141 e. The molecule has 0 spiro atoms. The van der Waals surface area contributed by atoms with Gasteiger partial charge in [0, 0.05) is 19.6 Å². The van der Waals surface area contributed by atoms with Crippen LogP contribution in [0.25, 0.3) is 5.57 Å². The van der Waals surface area contributed by atoms with Crippen molar-refractivity contribution in [2.45, 2.75) is 93.6 Å². The third-order valence-corrected chi connectivity index (χ3v) is 11.4. The molecule has 1 aromatic carbocycles. The molecule has 0 radical (unpaired) electrons. The van der Waals surface area contributed by atoms with Gasteiger partial charge < -0.3 is 9.47 Å². The summed E-state index contributed by atoms with van der Waals surface area (Å²) in [4.78, 5) is 3.58. The molecule has 3 rings (SSSR count). The Bertz CT molecular complexity index is 1120. The van der Waals surface area contributed by atoms with Crippen molar-refractivity contribution in [3.05, 3.63) is 74.4 Å². The van der Waals surface area contributed by atoms with Gasteiger partial charge in [0.2, 0.25) is 0 Å². The minimum absolute atomic E-state index is 0.0291. The summed E-state index contributed by atoms with van der Waals surface area (Å²) in [5.41, 5.74) is 2.97. The van der Waals surface area contributed by atoms with Crippen LogP contribution in [0.3, 0.4) is 0 Å². The van der Waals surface area contributed by atoms with Gasteiger partial charge in [-0.3, -0.25) is 0 Å². The number of ether oxygens (including phenoxy) is 2. The lowest BCUT2D eigenvalue weighted by Crippen LogP contribution is -2.41. The SMILES string of the molecule is COC1(c2ccc(C3=CC(OC)(C(C)(C)C)SC(C(C)(C)C)=C3)cc2)C=C(C(C)(C)C)SC(C(C)(C)C)=C1. The fourth-order valence-electron chi connectivity index (χ4n) is 4.60. The maximum atomic E-state index is 6.34. The van der Waals surface area contributed by atoms with E-state index in [4.69, 9.17) is 9.47 Å². The molecule has 0 saturated carbocycles. The molecule has 0 aromatic heterocycles. The molecule has 2 aliphatic heterocycles. The van der Waals surface area contributed by atoms with E-state index in [1.807, 2.05) is 37.7 Å². The smallest absolute Gasteiger partial charge is 0.141 e. The predicted octanol–water partition coefficient (Wildman–Crippen LogP) is 10.6. The lowest BCUT2D eigenvalue weighted by atomic mass is 9.83. The van der Waals surface area contributed by atoms with Gasteiger partial charge in [0.05, 0.1) is 0 Å². The average molecular weight is 555 g/mol. The first-order valence-corrected chi connectivity index (χ1v) is 15.3. The van der Waals surface area contributed by atoms with Crippen LogP contribution in [0.5, 0.6) is 0 Å². The van der Waals surface area contributed by atoms with E-state index in [1.54, 1.807) is 0 Å². The zero-order chi connectivity index (χ0) is 28.9. The van der Waals surface area contributed by atoms with Crippen LogP contribution >= 0.6 is 23.5 Å². The highest BCUT2D eigenvalue weighted by molar-refractivity contribution is 8.06. The molecule has 0 aliphatic carbocycles. The average Bonchev–Trinajstić information content (AvgIpc) is 2.81. The molecule has 1 aromatic rings. The van der Waals surface area contributed by atoms with Crippen LogP contribution in [0.1, 0.15) is 94.2 Å². The van der Waals surface area contributed by atoms with Gasteiger partial charge in [0.1, 0.15) is 10.5 Å². The van der Waals surface area contributed by atoms with Crippen molar-refractivity contribution in [1.29, 1.82) is 0 Å². The molecule has 2 nitrogen and oxygen atoms in total. The van der Waals surface area contributed by atoms with E-state index in [0.717, 1.165) is 5.56 Å². The van der Waals surface area contributed by atoms with Gasteiger partial charge in [-0.15, -0.1) is 0 Å². The zero-order valence-electron chi connectivity index (χ0n) is 26.3. The second kappa shape index (κ2) is 10.3. The molecule has 0 N–H and O–H groups in total. The summed E-state index contributed by atoms with van der Waals surface area (Å²) < 4.78 is 12.6. The largest absolute Gasteiger partial charge is 0.365 e. The Kier molecular flexibility index (Phi) is 8.51. The fraction of sp³-hybridized carbons (Fsp3) is 0.588. The van der Waals surface area contributed by atoms with E-state index >= 15 is 0 Å². The number of methoxy groups -OCH3 is 2. The molecule has 0 fully saturated rings. The first-order valence-electron chi connectivity index (χ1n) is 13.7. The van der Waals surface area contributed by atoms with Crippen molar-refractivity contribution < 1.29 is 9.47 Å². The van der Waals surface area contributed by atoms with E-state index < -0.39 is 10.5 Å². The second-order valence-corrected chi connectivity index (χ2v) is 17.1. The van der Waals surface area contributed by atoms with Crippen molar-refractivity contribution in [2.75, 3.05) is 14.2 Å². The molecule has 0 saturated heterocycles. The van der Waals surface area contributed by atoms with E-state index in [9.17, 15) is 0 Å². The summed E-state index contributed by atoms with van der Waals surface area (Å²) in [7, 11) is 3.66. The van der Waals surface area contributed by atoms with Gasteiger partial charge in [-0.05, 0) is 72.0 Å². The summed E-state index contributed by atoms with van der Waals surface area (Å²) in [5, 5.41) is 0. The molecule has 210 valence electrons. The minimum Gasteiger partial charge on any atom is -0.365 e. The topological polar surface area (TPSA) is 18.5 Å². The van der Waals surface area contributed by atoms with Crippen molar-refractivity contribution in [1.82, 2.24) is 0 Å². The Balaban J connectivity index is 2.16. The van der Waals surface area contributed by atoms with Gasteiger partial charge >= 0.3 is 0 Å². The summed E-state index contributed by atoms with van der Waals surface area (Å²) in [6.45, 7) is 27.3. The van der Waals surface area contributed by atoms with E-state index in [1.165, 1.54) is 25.9 Å². The first-order chi connectivity index (χ1) is 17.2. The zero-order valence-corrected chi connectivity index (χ0v) is 27.9. The summed E-state index contributed by atoms with van der Waals surface area (Å²) in [6.07, 6.45) is 9.32. The molecule has 1 atom stereocenters. The van der Waals surface area contributed by atoms with Crippen LogP contribution in [-0.2, 0) is 15.1 Å². The van der Waals surface area contributed by atoms with Gasteiger partial charge in [-0.1, -0.05) is 131 Å². The molecule has 1 unspecified atom stereocenters. The van der Waals surface area contributed by atoms with Crippen molar-refractivity contribution in [3.8, 4) is 0 Å². The van der Waals surface area contributed by atoms with Gasteiger partial charge in [-0.2, -0.15) is 0 Å². The molecule has 38 heavy (non-hydrogen) atoms. The number of allylic oxidation sites excluding steroid dienone is 5. The standard InChI is InChI=1S/C34H50O2S2/c1-29(2,3)26-19-24(20-34(36-14,38-26)32(10,11)12)23-15-17-25(18-16-23)33(35-13)21-27(30(4,5)6)37-28(22-33)31(7,8)9/h15-22H,1-14H3. The Hall–Kier alpha value is -1.20. The van der Waals surface area contributed by atoms with Gasteiger partial charge in [-0.25, -0.2) is 0 Å². The van der Waals surface area contributed by atoms with Crippen LogP contribution in [0.2, 0.25) is 0 Å². The molecule has 4 heteroatoms. The van der Waals surface area contributed by atoms with Gasteiger partial charge in [0.15, 0.2) is 0 Å². The highest BCUT2D eigenvalue weighted by Gasteiger charge is 2.46. The normalized spacial score (nSPS) is 22.9. The van der Waals surface area contributed by atoms with E-state index in [2.05, 4.69) is 132 Å². The second-order valence-electron chi connectivity index (χ2n) is 14.8. The van der Waals surface area contributed by atoms with Crippen molar-refractivity contribution in [3.63, 3.8) is 0 Å². The lowest BCUT2D eigenvalue weighted by molar-refractivity contribution is 0.0236. The van der Waals surface area contributed by atoms with Crippen LogP contribution in [0.4, 0.5) is 0 Å². The summed E-state index contributed by atoms with van der Waals surface area (Å²) >= 11 is 3.75. The first kappa shape index (κ1) is 31.3. The highest BCUT2D eigenvalue weighted by atomic mass is 32.2. The highest BCUT2D eigenvalue weighted by Crippen LogP contribution is 2.56. The van der Waals surface area contributed by atoms with Crippen LogP contribution < -0.4 is 0 Å². The van der Waals surface area contributed by atoms with Gasteiger partial charge in [0.25, 0.3) is 0 Å². The lowest BCUT2D eigenvalue weighted by Gasteiger charge is -2.45. The third kappa shape index (κ3) is 6.24. The quantitative estimate of drug-likeness (QED) is 0.368. The fourth-order valence-corrected chi connectivity index (χ4v) is 7.31. The molecule has 0 bridgehead atoms. The molecule has 0 amide bonds. The van der Waals surface area contributed by atoms with Crippen LogP contribution in [0.15, 0.2) is 63.3 Å². The third-order valence-electron chi connectivity index (χ3n) is 7.38. The monoisotopic (exact) mass is 554 g/mol. The van der Waals surface area contributed by atoms with E-state index in [0.29, 0.717) is 0 Å². The minimum atomic E-state index is -0.597. The summed E-state index contributed by atoms with van der Waals surface area (Å²) in [6, 6.07) is 8.96. The van der Waals surface area contributed by atoms with Crippen LogP contribution in [-0.4, -0.2) is 19.2 Å². The maximum absolute atomic E-state index is 6.34. The Morgan fingerprint density at radius 3 is 1.45 bits per heavy atom. The molecular weight excluding hydrogens is 505 g/mol. The van der Waals surface area contributed by atoms with Crippen molar-refractivity contribution in [2.24, 2.45) is 21.7 Å². The van der Waals surface area contributed by atoms with Crippen LogP contribution in [0, 0.1) is 21.7 Å². The number of hydrogen-bond acceptors (Lipinski definition) is 4.